The summed E-state index contributed by atoms with van der Waals surface area (Å²) in [5.74, 6) is 0.508. The van der Waals surface area contributed by atoms with E-state index in [2.05, 4.69) is 28.6 Å². The minimum absolute atomic E-state index is 0.0397. The number of carbonyl (C=O) groups is 2. The first-order valence-corrected chi connectivity index (χ1v) is 14.4. The summed E-state index contributed by atoms with van der Waals surface area (Å²) in [6.07, 6.45) is 3.67. The van der Waals surface area contributed by atoms with Gasteiger partial charge in [-0.2, -0.15) is 4.98 Å². The molecule has 3 aromatic rings. The molecule has 1 N–H and O–H groups in total. The number of hydrogen-bond donors (Lipinski definition) is 1. The second kappa shape index (κ2) is 10.9. The Hall–Kier alpha value is -3.69. The molecule has 2 fully saturated rings. The molecule has 0 aliphatic carbocycles. The van der Waals surface area contributed by atoms with Gasteiger partial charge in [0.2, 0.25) is 11.9 Å². The van der Waals surface area contributed by atoms with Crippen molar-refractivity contribution in [3.63, 3.8) is 0 Å². The molecule has 1 spiro atoms. The van der Waals surface area contributed by atoms with Crippen molar-refractivity contribution in [2.75, 3.05) is 38.1 Å². The van der Waals surface area contributed by atoms with E-state index in [1.807, 2.05) is 33.0 Å². The molecular formula is C31H41FN6O3. The van der Waals surface area contributed by atoms with Gasteiger partial charge >= 0.3 is 6.09 Å². The molecule has 0 radical (unpaired) electrons. The Morgan fingerprint density at radius 1 is 1.12 bits per heavy atom. The zero-order chi connectivity index (χ0) is 29.5. The first-order chi connectivity index (χ1) is 19.4. The third kappa shape index (κ3) is 6.01. The second-order valence-corrected chi connectivity index (χ2v) is 13.0. The van der Waals surface area contributed by atoms with Crippen LogP contribution in [0.25, 0.3) is 22.3 Å². The van der Waals surface area contributed by atoms with Crippen LogP contribution in [-0.2, 0) is 9.53 Å². The van der Waals surface area contributed by atoms with E-state index in [4.69, 9.17) is 14.7 Å². The lowest BCUT2D eigenvalue weighted by Crippen LogP contribution is -2.60. The number of aromatic nitrogens is 3. The number of rotatable bonds is 7. The van der Waals surface area contributed by atoms with Gasteiger partial charge in [-0.05, 0) is 57.7 Å². The largest absolute Gasteiger partial charge is 0.444 e. The van der Waals surface area contributed by atoms with Crippen LogP contribution in [0.1, 0.15) is 59.9 Å². The molecule has 2 amide bonds. The molecule has 2 aromatic heterocycles. The monoisotopic (exact) mass is 564 g/mol. The predicted octanol–water partition coefficient (Wildman–Crippen LogP) is 5.41. The highest BCUT2D eigenvalue weighted by Gasteiger charge is 2.51. The number of halogens is 1. The molecule has 220 valence electrons. The summed E-state index contributed by atoms with van der Waals surface area (Å²) in [5, 5.41) is 3.49. The van der Waals surface area contributed by atoms with E-state index in [-0.39, 0.29) is 29.3 Å². The number of nitrogens with one attached hydrogen (secondary N) is 1. The molecular weight excluding hydrogens is 523 g/mol. The molecule has 1 atom stereocenters. The number of carbonyl (C=O) groups excluding carboxylic acids is 2. The number of amides is 2. The summed E-state index contributed by atoms with van der Waals surface area (Å²) < 4.78 is 22.7. The van der Waals surface area contributed by atoms with Crippen LogP contribution < -0.4 is 10.2 Å². The van der Waals surface area contributed by atoms with Crippen LogP contribution in [0.2, 0.25) is 0 Å². The molecule has 1 unspecified atom stereocenters. The predicted molar refractivity (Wildman–Crippen MR) is 157 cm³/mol. The van der Waals surface area contributed by atoms with Crippen molar-refractivity contribution in [1.29, 1.82) is 0 Å². The highest BCUT2D eigenvalue weighted by molar-refractivity contribution is 5.92. The zero-order valence-electron chi connectivity index (χ0n) is 24.9. The molecule has 2 saturated heterocycles. The molecule has 10 heteroatoms. The lowest BCUT2D eigenvalue weighted by atomic mass is 9.79. The Kier molecular flexibility index (Phi) is 7.70. The van der Waals surface area contributed by atoms with Gasteiger partial charge in [0.1, 0.15) is 17.1 Å². The van der Waals surface area contributed by atoms with Gasteiger partial charge in [-0.1, -0.05) is 26.0 Å². The van der Waals surface area contributed by atoms with Crippen molar-refractivity contribution < 1.29 is 18.7 Å². The Labute approximate surface area is 241 Å². The molecule has 2 aliphatic rings. The maximum Gasteiger partial charge on any atom is 0.410 e. The van der Waals surface area contributed by atoms with Crippen molar-refractivity contribution >= 4 is 29.0 Å². The number of nitrogens with zero attached hydrogens (tertiary/aromatic N) is 5. The number of benzene rings is 1. The van der Waals surface area contributed by atoms with Gasteiger partial charge < -0.3 is 24.4 Å². The highest BCUT2D eigenvalue weighted by atomic mass is 19.1. The van der Waals surface area contributed by atoms with Gasteiger partial charge in [0, 0.05) is 68.3 Å². The van der Waals surface area contributed by atoms with Gasteiger partial charge in [0.25, 0.3) is 0 Å². The summed E-state index contributed by atoms with van der Waals surface area (Å²) in [6, 6.07) is 8.47. The summed E-state index contributed by atoms with van der Waals surface area (Å²) in [5.41, 5.74) is 1.06. The summed E-state index contributed by atoms with van der Waals surface area (Å²) in [6.45, 7) is 12.6. The minimum Gasteiger partial charge on any atom is -0.444 e. The van der Waals surface area contributed by atoms with Crippen LogP contribution in [0.15, 0.2) is 36.5 Å². The third-order valence-electron chi connectivity index (χ3n) is 7.95. The van der Waals surface area contributed by atoms with Gasteiger partial charge in [-0.3, -0.25) is 4.79 Å². The maximum atomic E-state index is 15.1. The Morgan fingerprint density at radius 3 is 2.51 bits per heavy atom. The molecule has 9 nitrogen and oxygen atoms in total. The Balaban J connectivity index is 1.50. The quantitative estimate of drug-likeness (QED) is 0.413. The van der Waals surface area contributed by atoms with Crippen molar-refractivity contribution in [3.8, 4) is 11.3 Å². The standard InChI is InChI=1S/C31H41FN6O3/c1-20(2)15-21(16-25(39)33-6)38-13-11-23-26(22-9-7-8-10-24(22)32)34-28(35-27(23)38)36-14-12-31(17-36)18-37(19-31)29(40)41-30(3,4)5/h7-11,13,20-21H,12,14-19H2,1-6H3,(H,33,39). The molecule has 5 rings (SSSR count). The Morgan fingerprint density at radius 2 is 1.85 bits per heavy atom. The van der Waals surface area contributed by atoms with Gasteiger partial charge in [-0.15, -0.1) is 0 Å². The Bertz CT molecular complexity index is 1440. The van der Waals surface area contributed by atoms with E-state index in [1.54, 1.807) is 30.1 Å². The molecule has 2 aliphatic heterocycles. The second-order valence-electron chi connectivity index (χ2n) is 13.0. The fourth-order valence-corrected chi connectivity index (χ4v) is 6.05. The smallest absolute Gasteiger partial charge is 0.410 e. The third-order valence-corrected chi connectivity index (χ3v) is 7.95. The van der Waals surface area contributed by atoms with E-state index in [9.17, 15) is 9.59 Å². The van der Waals surface area contributed by atoms with Crippen LogP contribution >= 0.6 is 0 Å². The topological polar surface area (TPSA) is 92.6 Å². The molecule has 41 heavy (non-hydrogen) atoms. The van der Waals surface area contributed by atoms with Crippen LogP contribution in [0.3, 0.4) is 0 Å². The molecule has 1 aromatic carbocycles. The maximum absolute atomic E-state index is 15.1. The van der Waals surface area contributed by atoms with Gasteiger partial charge in [0.05, 0.1) is 5.69 Å². The van der Waals surface area contributed by atoms with E-state index in [0.717, 1.165) is 24.8 Å². The fraction of sp³-hybridized carbons (Fsp3) is 0.548. The molecule has 0 bridgehead atoms. The minimum atomic E-state index is -0.534. The van der Waals surface area contributed by atoms with Crippen LogP contribution in [0.5, 0.6) is 0 Å². The number of hydrogen-bond acceptors (Lipinski definition) is 6. The van der Waals surface area contributed by atoms with Gasteiger partial charge in [0.15, 0.2) is 0 Å². The van der Waals surface area contributed by atoms with Crippen molar-refractivity contribution in [3.05, 3.63) is 42.3 Å². The summed E-state index contributed by atoms with van der Waals surface area (Å²) in [4.78, 5) is 38.9. The number of anilines is 1. The highest BCUT2D eigenvalue weighted by Crippen LogP contribution is 2.42. The van der Waals surface area contributed by atoms with Crippen LogP contribution in [0.4, 0.5) is 15.1 Å². The zero-order valence-corrected chi connectivity index (χ0v) is 24.9. The molecule has 4 heterocycles. The van der Waals surface area contributed by atoms with Crippen molar-refractivity contribution in [2.24, 2.45) is 11.3 Å². The first kappa shape index (κ1) is 28.8. The number of ether oxygens (including phenoxy) is 1. The van der Waals surface area contributed by atoms with E-state index < -0.39 is 5.60 Å². The normalized spacial score (nSPS) is 17.3. The first-order valence-electron chi connectivity index (χ1n) is 14.4. The van der Waals surface area contributed by atoms with E-state index in [0.29, 0.717) is 54.8 Å². The molecule has 0 saturated carbocycles. The average molecular weight is 565 g/mol. The van der Waals surface area contributed by atoms with Crippen LogP contribution in [-0.4, -0.2) is 70.3 Å². The SMILES string of the molecule is CNC(=O)CC(CC(C)C)n1ccc2c(-c3ccccc3F)nc(N3CCC4(CN(C(=O)OC(C)(C)C)C4)C3)nc21. The fourth-order valence-electron chi connectivity index (χ4n) is 6.05. The lowest BCUT2D eigenvalue weighted by Gasteiger charge is -2.47. The van der Waals surface area contributed by atoms with Gasteiger partial charge in [-0.25, -0.2) is 14.2 Å². The number of likely N-dealkylation sites (tertiary alicyclic amines) is 1. The summed E-state index contributed by atoms with van der Waals surface area (Å²) in [7, 11) is 1.65. The summed E-state index contributed by atoms with van der Waals surface area (Å²) >= 11 is 0. The van der Waals surface area contributed by atoms with E-state index in [1.165, 1.54) is 6.07 Å². The number of fused-ring (bicyclic) bond motifs is 1. The van der Waals surface area contributed by atoms with Crippen LogP contribution in [0, 0.1) is 17.2 Å². The van der Waals surface area contributed by atoms with E-state index >= 15 is 4.39 Å². The average Bonchev–Trinajstić information content (AvgIpc) is 3.51. The van der Waals surface area contributed by atoms with Crippen molar-refractivity contribution in [1.82, 2.24) is 24.8 Å². The lowest BCUT2D eigenvalue weighted by molar-refractivity contribution is -0.121. The van der Waals surface area contributed by atoms with Crippen molar-refractivity contribution in [2.45, 2.75) is 65.5 Å².